The smallest absolute Gasteiger partial charge is 0.321 e. The molecule has 2 amide bonds. The number of benzene rings is 1. The number of hydrogen-bond acceptors (Lipinski definition) is 4. The largest absolute Gasteiger partial charge is 0.378 e. The quantitative estimate of drug-likeness (QED) is 0.903. The second-order valence-corrected chi connectivity index (χ2v) is 7.22. The van der Waals surface area contributed by atoms with Crippen LogP contribution in [0.5, 0.6) is 0 Å². The predicted octanol–water partition coefficient (Wildman–Crippen LogP) is 3.15. The first-order valence-electron chi connectivity index (χ1n) is 9.55. The number of hydrogen-bond donors (Lipinski definition) is 1. The number of ether oxygens (including phenoxy) is 1. The molecule has 3 heterocycles. The van der Waals surface area contributed by atoms with E-state index in [0.29, 0.717) is 6.04 Å². The number of methoxy groups -OCH3 is 1. The van der Waals surface area contributed by atoms with E-state index < -0.39 is 0 Å². The minimum atomic E-state index is -0.0122. The summed E-state index contributed by atoms with van der Waals surface area (Å²) in [7, 11) is 1.78. The predicted molar refractivity (Wildman–Crippen MR) is 105 cm³/mol. The van der Waals surface area contributed by atoms with E-state index in [1.54, 1.807) is 13.3 Å². The third-order valence-electron chi connectivity index (χ3n) is 5.67. The number of nitrogens with one attached hydrogen (secondary N) is 1. The molecule has 0 radical (unpaired) electrons. The first-order valence-corrected chi connectivity index (χ1v) is 9.55. The van der Waals surface area contributed by atoms with Gasteiger partial charge in [0.2, 0.25) is 0 Å². The summed E-state index contributed by atoms with van der Waals surface area (Å²) in [5.41, 5.74) is 2.05. The van der Waals surface area contributed by atoms with E-state index in [2.05, 4.69) is 21.3 Å². The molecule has 1 aromatic heterocycles. The molecule has 2 aliphatic rings. The molecule has 0 saturated carbocycles. The van der Waals surface area contributed by atoms with E-state index in [1.807, 2.05) is 47.5 Å². The Morgan fingerprint density at radius 3 is 2.59 bits per heavy atom. The zero-order valence-corrected chi connectivity index (χ0v) is 15.6. The summed E-state index contributed by atoms with van der Waals surface area (Å²) >= 11 is 0. The zero-order valence-electron chi connectivity index (χ0n) is 15.6. The van der Waals surface area contributed by atoms with Crippen molar-refractivity contribution in [3.63, 3.8) is 0 Å². The van der Waals surface area contributed by atoms with Gasteiger partial charge in [0, 0.05) is 50.9 Å². The average molecular weight is 366 g/mol. The standard InChI is InChI=1S/C21H26N4O2/c1-27-19-15-25(20(19)16-6-5-11-22-14-16)18-9-12-24(13-10-18)21(26)23-17-7-3-2-4-8-17/h2-8,11,14,18-20H,9-10,12-13,15H2,1H3,(H,23,26). The SMILES string of the molecule is COC1CN(C2CCN(C(=O)Nc3ccccc3)CC2)C1c1cccnc1. The van der Waals surface area contributed by atoms with Gasteiger partial charge in [0.25, 0.3) is 0 Å². The number of para-hydroxylation sites is 1. The molecule has 4 rings (SSSR count). The van der Waals surface area contributed by atoms with Crippen LogP contribution in [0.2, 0.25) is 0 Å². The Hall–Kier alpha value is -2.44. The molecule has 2 fully saturated rings. The van der Waals surface area contributed by atoms with E-state index in [0.717, 1.165) is 38.2 Å². The summed E-state index contributed by atoms with van der Waals surface area (Å²) < 4.78 is 5.66. The second kappa shape index (κ2) is 8.06. The van der Waals surface area contributed by atoms with Crippen molar-refractivity contribution < 1.29 is 9.53 Å². The number of aromatic nitrogens is 1. The van der Waals surface area contributed by atoms with Gasteiger partial charge in [-0.1, -0.05) is 24.3 Å². The summed E-state index contributed by atoms with van der Waals surface area (Å²) in [4.78, 5) is 21.2. The molecule has 1 N–H and O–H groups in total. The molecule has 142 valence electrons. The monoisotopic (exact) mass is 366 g/mol. The van der Waals surface area contributed by atoms with Crippen molar-refractivity contribution in [2.24, 2.45) is 0 Å². The maximum Gasteiger partial charge on any atom is 0.321 e. The molecule has 0 spiro atoms. The van der Waals surface area contributed by atoms with Gasteiger partial charge in [0.05, 0.1) is 12.1 Å². The third-order valence-corrected chi connectivity index (χ3v) is 5.67. The zero-order chi connectivity index (χ0) is 18.6. The molecule has 6 heteroatoms. The third kappa shape index (κ3) is 3.82. The van der Waals surface area contributed by atoms with Crippen LogP contribution in [0, 0.1) is 0 Å². The number of carbonyl (C=O) groups is 1. The van der Waals surface area contributed by atoms with Gasteiger partial charge in [-0.25, -0.2) is 4.79 Å². The van der Waals surface area contributed by atoms with Gasteiger partial charge < -0.3 is 15.0 Å². The fourth-order valence-corrected chi connectivity index (χ4v) is 4.16. The number of pyridine rings is 1. The summed E-state index contributed by atoms with van der Waals surface area (Å²) in [6.45, 7) is 2.49. The summed E-state index contributed by atoms with van der Waals surface area (Å²) in [6.07, 6.45) is 5.92. The van der Waals surface area contributed by atoms with Crippen LogP contribution in [-0.2, 0) is 4.74 Å². The molecule has 2 atom stereocenters. The number of urea groups is 1. The second-order valence-electron chi connectivity index (χ2n) is 7.22. The number of amides is 2. The molecule has 6 nitrogen and oxygen atoms in total. The highest BCUT2D eigenvalue weighted by atomic mass is 16.5. The molecule has 27 heavy (non-hydrogen) atoms. The molecular weight excluding hydrogens is 340 g/mol. The minimum Gasteiger partial charge on any atom is -0.378 e. The van der Waals surface area contributed by atoms with E-state index in [-0.39, 0.29) is 18.2 Å². The maximum absolute atomic E-state index is 12.5. The number of carbonyl (C=O) groups excluding carboxylic acids is 1. The molecular formula is C21H26N4O2. The lowest BCUT2D eigenvalue weighted by Gasteiger charge is -2.52. The summed E-state index contributed by atoms with van der Waals surface area (Å²) in [5, 5.41) is 2.98. The Morgan fingerprint density at radius 2 is 1.93 bits per heavy atom. The molecule has 1 aromatic carbocycles. The Kier molecular flexibility index (Phi) is 5.36. The van der Waals surface area contributed by atoms with Crippen molar-refractivity contribution >= 4 is 11.7 Å². The van der Waals surface area contributed by atoms with Gasteiger partial charge in [-0.05, 0) is 36.6 Å². The van der Waals surface area contributed by atoms with Crippen LogP contribution in [0.1, 0.15) is 24.4 Å². The fourth-order valence-electron chi connectivity index (χ4n) is 4.16. The Labute approximate surface area is 160 Å². The van der Waals surface area contributed by atoms with Crippen LogP contribution in [0.3, 0.4) is 0 Å². The van der Waals surface area contributed by atoms with Crippen molar-refractivity contribution in [3.05, 3.63) is 60.4 Å². The number of nitrogens with zero attached hydrogens (tertiary/aromatic N) is 3. The Bertz CT molecular complexity index is 747. The van der Waals surface area contributed by atoms with E-state index in [1.165, 1.54) is 5.56 Å². The lowest BCUT2D eigenvalue weighted by Crippen LogP contribution is -2.60. The number of piperidine rings is 1. The number of rotatable bonds is 4. The molecule has 2 aromatic rings. The average Bonchev–Trinajstić information content (AvgIpc) is 2.70. The van der Waals surface area contributed by atoms with Gasteiger partial charge >= 0.3 is 6.03 Å². The first-order chi connectivity index (χ1) is 13.3. The number of likely N-dealkylation sites (tertiary alicyclic amines) is 2. The van der Waals surface area contributed by atoms with Crippen LogP contribution >= 0.6 is 0 Å². The van der Waals surface area contributed by atoms with Crippen LogP contribution in [-0.4, -0.2) is 59.7 Å². The maximum atomic E-state index is 12.5. The van der Waals surface area contributed by atoms with Gasteiger partial charge in [0.1, 0.15) is 0 Å². The van der Waals surface area contributed by atoms with Crippen molar-refractivity contribution in [2.75, 3.05) is 32.1 Å². The number of anilines is 1. The van der Waals surface area contributed by atoms with Crippen LogP contribution < -0.4 is 5.32 Å². The van der Waals surface area contributed by atoms with Crippen molar-refractivity contribution in [1.29, 1.82) is 0 Å². The van der Waals surface area contributed by atoms with Gasteiger partial charge in [-0.3, -0.25) is 9.88 Å². The first kappa shape index (κ1) is 17.9. The molecule has 2 unspecified atom stereocenters. The van der Waals surface area contributed by atoms with Crippen LogP contribution in [0.15, 0.2) is 54.9 Å². The molecule has 0 aliphatic carbocycles. The fraction of sp³-hybridized carbons (Fsp3) is 0.429. The molecule has 0 bridgehead atoms. The summed E-state index contributed by atoms with van der Waals surface area (Å²) in [5.74, 6) is 0. The highest BCUT2D eigenvalue weighted by Crippen LogP contribution is 2.39. The van der Waals surface area contributed by atoms with Crippen molar-refractivity contribution in [1.82, 2.24) is 14.8 Å². The summed E-state index contributed by atoms with van der Waals surface area (Å²) in [6, 6.07) is 14.4. The molecule has 2 aliphatic heterocycles. The minimum absolute atomic E-state index is 0.0122. The lowest BCUT2D eigenvalue weighted by atomic mass is 9.88. The lowest BCUT2D eigenvalue weighted by molar-refractivity contribution is -0.115. The van der Waals surface area contributed by atoms with E-state index >= 15 is 0 Å². The van der Waals surface area contributed by atoms with Crippen LogP contribution in [0.4, 0.5) is 10.5 Å². The van der Waals surface area contributed by atoms with Gasteiger partial charge in [0.15, 0.2) is 0 Å². The molecule has 2 saturated heterocycles. The van der Waals surface area contributed by atoms with E-state index in [9.17, 15) is 4.79 Å². The van der Waals surface area contributed by atoms with Gasteiger partial charge in [-0.15, -0.1) is 0 Å². The Morgan fingerprint density at radius 1 is 1.15 bits per heavy atom. The normalized spacial score (nSPS) is 23.7. The topological polar surface area (TPSA) is 57.7 Å². The Balaban J connectivity index is 1.34. The van der Waals surface area contributed by atoms with Crippen LogP contribution in [0.25, 0.3) is 0 Å². The highest BCUT2D eigenvalue weighted by molar-refractivity contribution is 5.89. The van der Waals surface area contributed by atoms with Crippen molar-refractivity contribution in [3.8, 4) is 0 Å². The highest BCUT2D eigenvalue weighted by Gasteiger charge is 2.44. The van der Waals surface area contributed by atoms with Gasteiger partial charge in [-0.2, -0.15) is 0 Å². The van der Waals surface area contributed by atoms with E-state index in [4.69, 9.17) is 4.74 Å². The van der Waals surface area contributed by atoms with Crippen molar-refractivity contribution in [2.45, 2.75) is 31.0 Å².